The number of phenolic OH excluding ortho intramolecular Hbond substituents is 2. The van der Waals surface area contributed by atoms with Gasteiger partial charge in [0.05, 0.1) is 5.41 Å². The summed E-state index contributed by atoms with van der Waals surface area (Å²) in [5, 5.41) is 21.1. The summed E-state index contributed by atoms with van der Waals surface area (Å²) < 4.78 is 0. The molecule has 6 aromatic carbocycles. The lowest BCUT2D eigenvalue weighted by atomic mass is 9.66. The average Bonchev–Trinajstić information content (AvgIpc) is 3.30. The summed E-state index contributed by atoms with van der Waals surface area (Å²) in [5.74, 6) is 0.556. The fourth-order valence-corrected chi connectivity index (χ4v) is 6.51. The van der Waals surface area contributed by atoms with Gasteiger partial charge in [0.2, 0.25) is 0 Å². The van der Waals surface area contributed by atoms with Gasteiger partial charge in [-0.1, -0.05) is 109 Å². The van der Waals surface area contributed by atoms with Gasteiger partial charge in [0.25, 0.3) is 0 Å². The largest absolute Gasteiger partial charge is 0.508 e. The highest BCUT2D eigenvalue weighted by molar-refractivity contribution is 5.90. The van der Waals surface area contributed by atoms with Gasteiger partial charge in [-0.3, -0.25) is 0 Å². The van der Waals surface area contributed by atoms with Crippen LogP contribution in [0.25, 0.3) is 33.4 Å². The van der Waals surface area contributed by atoms with Crippen LogP contribution in [-0.2, 0) is 5.41 Å². The predicted molar refractivity (Wildman–Crippen MR) is 167 cm³/mol. The van der Waals surface area contributed by atoms with Crippen LogP contribution < -0.4 is 0 Å². The molecular formula is C39H30O2. The van der Waals surface area contributed by atoms with Gasteiger partial charge >= 0.3 is 0 Å². The Morgan fingerprint density at radius 3 is 1.22 bits per heavy atom. The lowest BCUT2D eigenvalue weighted by molar-refractivity contribution is 0.470. The molecule has 0 radical (unpaired) electrons. The van der Waals surface area contributed by atoms with Crippen LogP contribution in [0, 0.1) is 13.8 Å². The first kappa shape index (κ1) is 24.9. The van der Waals surface area contributed by atoms with E-state index in [9.17, 15) is 10.2 Å². The van der Waals surface area contributed by atoms with Gasteiger partial charge in [-0.15, -0.1) is 0 Å². The molecule has 0 heterocycles. The van der Waals surface area contributed by atoms with Crippen molar-refractivity contribution in [2.24, 2.45) is 0 Å². The number of hydrogen-bond donors (Lipinski definition) is 2. The number of fused-ring (bicyclic) bond motifs is 3. The van der Waals surface area contributed by atoms with E-state index in [2.05, 4.69) is 97.1 Å². The Morgan fingerprint density at radius 2 is 0.829 bits per heavy atom. The van der Waals surface area contributed by atoms with Crippen LogP contribution in [0.5, 0.6) is 11.5 Å². The Balaban J connectivity index is 1.62. The number of benzene rings is 6. The molecule has 0 atom stereocenters. The number of aromatic hydroxyl groups is 2. The molecule has 0 aliphatic heterocycles. The Labute approximate surface area is 240 Å². The summed E-state index contributed by atoms with van der Waals surface area (Å²) in [5.41, 5.74) is 12.5. The van der Waals surface area contributed by atoms with Crippen LogP contribution >= 0.6 is 0 Å². The molecule has 0 saturated carbocycles. The third-order valence-electron chi connectivity index (χ3n) is 8.61. The summed E-state index contributed by atoms with van der Waals surface area (Å²) in [6.07, 6.45) is 0. The Kier molecular flexibility index (Phi) is 5.80. The first-order valence-corrected chi connectivity index (χ1v) is 14.0. The van der Waals surface area contributed by atoms with Gasteiger partial charge < -0.3 is 10.2 Å². The molecular weight excluding hydrogens is 500 g/mol. The van der Waals surface area contributed by atoms with Crippen molar-refractivity contribution in [2.75, 3.05) is 0 Å². The summed E-state index contributed by atoms with van der Waals surface area (Å²) in [7, 11) is 0. The molecule has 6 aromatic rings. The standard InChI is InChI=1S/C39H30O2/c1-25-21-31(15-19-37(25)40)39(32-16-20-38(41)26(2)22-32)35-23-29(27-9-5-3-6-10-27)13-17-33(35)34-18-14-30(24-36(34)39)28-11-7-4-8-12-28/h3-24,40-41H,1-2H3. The summed E-state index contributed by atoms with van der Waals surface area (Å²) in [4.78, 5) is 0. The summed E-state index contributed by atoms with van der Waals surface area (Å²) >= 11 is 0. The zero-order valence-electron chi connectivity index (χ0n) is 23.1. The zero-order chi connectivity index (χ0) is 28.1. The topological polar surface area (TPSA) is 40.5 Å². The minimum atomic E-state index is -0.669. The monoisotopic (exact) mass is 530 g/mol. The normalized spacial score (nSPS) is 13.0. The molecule has 0 bridgehead atoms. The quantitative estimate of drug-likeness (QED) is 0.238. The molecule has 0 aromatic heterocycles. The lowest BCUT2D eigenvalue weighted by Gasteiger charge is -2.35. The van der Waals surface area contributed by atoms with Crippen molar-refractivity contribution in [3.05, 3.63) is 167 Å². The van der Waals surface area contributed by atoms with Gasteiger partial charge in [-0.25, -0.2) is 0 Å². The van der Waals surface area contributed by atoms with E-state index in [0.717, 1.165) is 44.5 Å². The third kappa shape index (κ3) is 3.87. The average molecular weight is 531 g/mol. The Hall–Kier alpha value is -5.08. The van der Waals surface area contributed by atoms with Gasteiger partial charge in [-0.2, -0.15) is 0 Å². The molecule has 0 unspecified atom stereocenters. The number of rotatable bonds is 4. The van der Waals surface area contributed by atoms with Crippen molar-refractivity contribution in [1.29, 1.82) is 0 Å². The van der Waals surface area contributed by atoms with E-state index in [0.29, 0.717) is 0 Å². The van der Waals surface area contributed by atoms with E-state index in [4.69, 9.17) is 0 Å². The SMILES string of the molecule is Cc1cc(C2(c3ccc(O)c(C)c3)c3cc(-c4ccccc4)ccc3-c3ccc(-c4ccccc4)cc32)ccc1O. The molecule has 7 rings (SSSR count). The van der Waals surface area contributed by atoms with Crippen molar-refractivity contribution < 1.29 is 10.2 Å². The van der Waals surface area contributed by atoms with E-state index in [-0.39, 0.29) is 11.5 Å². The van der Waals surface area contributed by atoms with E-state index in [1.54, 1.807) is 12.1 Å². The highest BCUT2D eigenvalue weighted by atomic mass is 16.3. The summed E-state index contributed by atoms with van der Waals surface area (Å²) in [6, 6.07) is 46.5. The fraction of sp³-hybridized carbons (Fsp3) is 0.0769. The van der Waals surface area contributed by atoms with E-state index in [1.807, 2.05) is 38.1 Å². The highest BCUT2D eigenvalue weighted by Gasteiger charge is 2.47. The molecule has 0 amide bonds. The van der Waals surface area contributed by atoms with E-state index in [1.165, 1.54) is 22.3 Å². The smallest absolute Gasteiger partial charge is 0.118 e. The molecule has 41 heavy (non-hydrogen) atoms. The first-order chi connectivity index (χ1) is 20.0. The Bertz CT molecular complexity index is 1780. The molecule has 2 heteroatoms. The first-order valence-electron chi connectivity index (χ1n) is 14.0. The van der Waals surface area contributed by atoms with Crippen LogP contribution in [-0.4, -0.2) is 10.2 Å². The number of phenols is 2. The van der Waals surface area contributed by atoms with Gasteiger partial charge in [0.15, 0.2) is 0 Å². The second-order valence-electron chi connectivity index (χ2n) is 11.0. The molecule has 0 saturated heterocycles. The molecule has 198 valence electrons. The fourth-order valence-electron chi connectivity index (χ4n) is 6.51. The predicted octanol–water partition coefficient (Wildman–Crippen LogP) is 9.41. The number of hydrogen-bond acceptors (Lipinski definition) is 2. The minimum absolute atomic E-state index is 0.278. The maximum absolute atomic E-state index is 10.6. The molecule has 0 spiro atoms. The van der Waals surface area contributed by atoms with Crippen molar-refractivity contribution in [1.82, 2.24) is 0 Å². The van der Waals surface area contributed by atoms with Crippen molar-refractivity contribution in [3.63, 3.8) is 0 Å². The maximum atomic E-state index is 10.6. The maximum Gasteiger partial charge on any atom is 0.118 e. The van der Waals surface area contributed by atoms with Crippen molar-refractivity contribution in [3.8, 4) is 44.9 Å². The van der Waals surface area contributed by atoms with Crippen LogP contribution in [0.3, 0.4) is 0 Å². The van der Waals surface area contributed by atoms with Crippen LogP contribution in [0.4, 0.5) is 0 Å². The van der Waals surface area contributed by atoms with Crippen molar-refractivity contribution in [2.45, 2.75) is 19.3 Å². The molecule has 2 N–H and O–H groups in total. The highest BCUT2D eigenvalue weighted by Crippen LogP contribution is 2.58. The molecule has 1 aliphatic carbocycles. The summed E-state index contributed by atoms with van der Waals surface area (Å²) in [6.45, 7) is 3.90. The third-order valence-corrected chi connectivity index (χ3v) is 8.61. The molecule has 2 nitrogen and oxygen atoms in total. The molecule has 1 aliphatic rings. The van der Waals surface area contributed by atoms with Crippen LogP contribution in [0.1, 0.15) is 33.4 Å². The van der Waals surface area contributed by atoms with Crippen molar-refractivity contribution >= 4 is 0 Å². The van der Waals surface area contributed by atoms with E-state index >= 15 is 0 Å². The minimum Gasteiger partial charge on any atom is -0.508 e. The lowest BCUT2D eigenvalue weighted by Crippen LogP contribution is -2.29. The Morgan fingerprint density at radius 1 is 0.415 bits per heavy atom. The second-order valence-corrected chi connectivity index (χ2v) is 11.0. The van der Waals surface area contributed by atoms with Crippen LogP contribution in [0.2, 0.25) is 0 Å². The van der Waals surface area contributed by atoms with E-state index < -0.39 is 5.41 Å². The van der Waals surface area contributed by atoms with Gasteiger partial charge in [0.1, 0.15) is 11.5 Å². The zero-order valence-corrected chi connectivity index (χ0v) is 23.1. The van der Waals surface area contributed by atoms with Gasteiger partial charge in [0, 0.05) is 0 Å². The van der Waals surface area contributed by atoms with Crippen LogP contribution in [0.15, 0.2) is 133 Å². The second kappa shape index (κ2) is 9.53. The van der Waals surface area contributed by atoms with Gasteiger partial charge in [-0.05, 0) is 105 Å². The molecule has 0 fully saturated rings. The number of aryl methyl sites for hydroxylation is 2.